The SMILES string of the molecule is CCCCCCC(C)N(C)C1CNC1. The smallest absolute Gasteiger partial charge is 0.0345 e. The number of unbranched alkanes of at least 4 members (excludes halogenated alkanes) is 3. The van der Waals surface area contributed by atoms with E-state index in [0.29, 0.717) is 0 Å². The summed E-state index contributed by atoms with van der Waals surface area (Å²) in [7, 11) is 2.27. The van der Waals surface area contributed by atoms with Crippen LogP contribution in [0.2, 0.25) is 0 Å². The van der Waals surface area contributed by atoms with Gasteiger partial charge >= 0.3 is 0 Å². The highest BCUT2D eigenvalue weighted by molar-refractivity contribution is 4.85. The van der Waals surface area contributed by atoms with E-state index >= 15 is 0 Å². The fourth-order valence-electron chi connectivity index (χ4n) is 1.99. The quantitative estimate of drug-likeness (QED) is 0.631. The molecule has 1 rings (SSSR count). The van der Waals surface area contributed by atoms with E-state index in [1.807, 2.05) is 0 Å². The molecule has 0 spiro atoms. The lowest BCUT2D eigenvalue weighted by Crippen LogP contribution is -2.58. The van der Waals surface area contributed by atoms with Crippen LogP contribution in [0, 0.1) is 0 Å². The third-order valence-corrected chi connectivity index (χ3v) is 3.51. The molecule has 0 amide bonds. The lowest BCUT2D eigenvalue weighted by Gasteiger charge is -2.39. The van der Waals surface area contributed by atoms with E-state index in [0.717, 1.165) is 12.1 Å². The minimum absolute atomic E-state index is 0.763. The summed E-state index contributed by atoms with van der Waals surface area (Å²) in [6.45, 7) is 7.02. The van der Waals surface area contributed by atoms with Crippen LogP contribution in [0.15, 0.2) is 0 Å². The van der Waals surface area contributed by atoms with Crippen molar-refractivity contribution in [1.82, 2.24) is 10.2 Å². The van der Waals surface area contributed by atoms with Crippen molar-refractivity contribution in [2.75, 3.05) is 20.1 Å². The highest BCUT2D eigenvalue weighted by Crippen LogP contribution is 2.13. The molecule has 1 aliphatic heterocycles. The largest absolute Gasteiger partial charge is 0.314 e. The zero-order valence-electron chi connectivity index (χ0n) is 10.1. The second kappa shape index (κ2) is 6.41. The first-order chi connectivity index (χ1) is 6.75. The molecule has 1 unspecified atom stereocenters. The molecule has 84 valence electrons. The van der Waals surface area contributed by atoms with Crippen molar-refractivity contribution >= 4 is 0 Å². The molecule has 1 aliphatic rings. The van der Waals surface area contributed by atoms with Crippen LogP contribution in [0.25, 0.3) is 0 Å². The van der Waals surface area contributed by atoms with Crippen LogP contribution in [0.4, 0.5) is 0 Å². The fraction of sp³-hybridized carbons (Fsp3) is 1.00. The molecule has 0 bridgehead atoms. The van der Waals surface area contributed by atoms with E-state index in [1.165, 1.54) is 45.2 Å². The lowest BCUT2D eigenvalue weighted by molar-refractivity contribution is 0.129. The molecule has 0 saturated carbocycles. The molecule has 2 nitrogen and oxygen atoms in total. The number of nitrogens with one attached hydrogen (secondary N) is 1. The monoisotopic (exact) mass is 198 g/mol. The van der Waals surface area contributed by atoms with Crippen molar-refractivity contribution < 1.29 is 0 Å². The van der Waals surface area contributed by atoms with E-state index in [-0.39, 0.29) is 0 Å². The van der Waals surface area contributed by atoms with Gasteiger partial charge in [0, 0.05) is 25.2 Å². The van der Waals surface area contributed by atoms with Crippen LogP contribution < -0.4 is 5.32 Å². The van der Waals surface area contributed by atoms with E-state index in [9.17, 15) is 0 Å². The molecule has 1 N–H and O–H groups in total. The Kier molecular flexibility index (Phi) is 5.49. The van der Waals surface area contributed by atoms with Gasteiger partial charge in [0.2, 0.25) is 0 Å². The van der Waals surface area contributed by atoms with Crippen molar-refractivity contribution in [3.05, 3.63) is 0 Å². The molecule has 0 aromatic carbocycles. The molecule has 0 aliphatic carbocycles. The van der Waals surface area contributed by atoms with E-state index in [2.05, 4.69) is 31.1 Å². The van der Waals surface area contributed by atoms with Crippen molar-refractivity contribution in [1.29, 1.82) is 0 Å². The molecule has 2 heteroatoms. The Labute approximate surface area is 89.1 Å². The molecule has 0 aromatic heterocycles. The number of hydrogen-bond acceptors (Lipinski definition) is 2. The molecule has 0 aromatic rings. The van der Waals surface area contributed by atoms with Crippen LogP contribution in [-0.2, 0) is 0 Å². The second-order valence-electron chi connectivity index (χ2n) is 4.68. The van der Waals surface area contributed by atoms with Gasteiger partial charge in [-0.25, -0.2) is 0 Å². The summed E-state index contributed by atoms with van der Waals surface area (Å²) in [5.74, 6) is 0. The van der Waals surface area contributed by atoms with Crippen LogP contribution in [0.1, 0.15) is 46.0 Å². The van der Waals surface area contributed by atoms with Gasteiger partial charge < -0.3 is 5.32 Å². The maximum absolute atomic E-state index is 3.33. The molecule has 0 radical (unpaired) electrons. The average molecular weight is 198 g/mol. The molecule has 1 fully saturated rings. The van der Waals surface area contributed by atoms with E-state index in [1.54, 1.807) is 0 Å². The molecule has 14 heavy (non-hydrogen) atoms. The normalized spacial score (nSPS) is 19.7. The van der Waals surface area contributed by atoms with Crippen LogP contribution >= 0.6 is 0 Å². The predicted molar refractivity (Wildman–Crippen MR) is 62.6 cm³/mol. The molecule has 1 heterocycles. The highest BCUT2D eigenvalue weighted by atomic mass is 15.2. The fourth-order valence-corrected chi connectivity index (χ4v) is 1.99. The zero-order valence-corrected chi connectivity index (χ0v) is 10.1. The van der Waals surface area contributed by atoms with E-state index in [4.69, 9.17) is 0 Å². The number of likely N-dealkylation sites (N-methyl/N-ethyl adjacent to an activating group) is 1. The number of hydrogen-bond donors (Lipinski definition) is 1. The van der Waals surface area contributed by atoms with Gasteiger partial charge in [-0.1, -0.05) is 32.6 Å². The molecule has 1 saturated heterocycles. The summed E-state index contributed by atoms with van der Waals surface area (Å²) in [5, 5.41) is 3.33. The van der Waals surface area contributed by atoms with Crippen LogP contribution in [0.3, 0.4) is 0 Å². The Morgan fingerprint density at radius 3 is 2.50 bits per heavy atom. The van der Waals surface area contributed by atoms with Gasteiger partial charge in [0.05, 0.1) is 0 Å². The molecular weight excluding hydrogens is 172 g/mol. The molecular formula is C12H26N2. The van der Waals surface area contributed by atoms with Crippen molar-refractivity contribution in [2.45, 2.75) is 58.0 Å². The predicted octanol–water partition coefficient (Wildman–Crippen LogP) is 2.25. The van der Waals surface area contributed by atoms with Gasteiger partial charge in [-0.05, 0) is 20.4 Å². The first-order valence-corrected chi connectivity index (χ1v) is 6.18. The summed E-state index contributed by atoms with van der Waals surface area (Å²) in [6.07, 6.45) is 6.93. The van der Waals surface area contributed by atoms with Crippen LogP contribution in [0.5, 0.6) is 0 Å². The number of nitrogens with zero attached hydrogens (tertiary/aromatic N) is 1. The van der Waals surface area contributed by atoms with Crippen LogP contribution in [-0.4, -0.2) is 37.1 Å². The third-order valence-electron chi connectivity index (χ3n) is 3.51. The van der Waals surface area contributed by atoms with Gasteiger partial charge in [-0.15, -0.1) is 0 Å². The summed E-state index contributed by atoms with van der Waals surface area (Å²) in [5.41, 5.74) is 0. The minimum atomic E-state index is 0.763. The Morgan fingerprint density at radius 1 is 1.29 bits per heavy atom. The maximum Gasteiger partial charge on any atom is 0.0345 e. The van der Waals surface area contributed by atoms with Gasteiger partial charge in [-0.3, -0.25) is 4.90 Å². The Morgan fingerprint density at radius 2 is 2.00 bits per heavy atom. The van der Waals surface area contributed by atoms with E-state index < -0.39 is 0 Å². The average Bonchev–Trinajstić information content (AvgIpc) is 2.09. The maximum atomic E-state index is 3.33. The van der Waals surface area contributed by atoms with Crippen molar-refractivity contribution in [3.63, 3.8) is 0 Å². The number of rotatable bonds is 7. The Bertz CT molecular complexity index is 143. The van der Waals surface area contributed by atoms with Gasteiger partial charge in [-0.2, -0.15) is 0 Å². The second-order valence-corrected chi connectivity index (χ2v) is 4.68. The third kappa shape index (κ3) is 3.58. The van der Waals surface area contributed by atoms with Crippen molar-refractivity contribution in [2.24, 2.45) is 0 Å². The first kappa shape index (κ1) is 12.0. The minimum Gasteiger partial charge on any atom is -0.314 e. The highest BCUT2D eigenvalue weighted by Gasteiger charge is 2.24. The molecule has 1 atom stereocenters. The standard InChI is InChI=1S/C12H26N2/c1-4-5-6-7-8-11(2)14(3)12-9-13-10-12/h11-13H,4-10H2,1-3H3. The topological polar surface area (TPSA) is 15.3 Å². The van der Waals surface area contributed by atoms with Gasteiger partial charge in [0.1, 0.15) is 0 Å². The lowest BCUT2D eigenvalue weighted by atomic mass is 10.0. The van der Waals surface area contributed by atoms with Gasteiger partial charge in [0.15, 0.2) is 0 Å². The Hall–Kier alpha value is -0.0800. The summed E-state index contributed by atoms with van der Waals surface area (Å²) in [6, 6.07) is 1.56. The first-order valence-electron chi connectivity index (χ1n) is 6.18. The zero-order chi connectivity index (χ0) is 10.4. The summed E-state index contributed by atoms with van der Waals surface area (Å²) in [4.78, 5) is 2.54. The van der Waals surface area contributed by atoms with Gasteiger partial charge in [0.25, 0.3) is 0 Å². The Balaban J connectivity index is 2.04. The summed E-state index contributed by atoms with van der Waals surface area (Å²) >= 11 is 0. The summed E-state index contributed by atoms with van der Waals surface area (Å²) < 4.78 is 0. The van der Waals surface area contributed by atoms with Crippen molar-refractivity contribution in [3.8, 4) is 0 Å².